The number of carbonyl (C=O) groups excluding carboxylic acids is 1. The van der Waals surface area contributed by atoms with E-state index in [-0.39, 0.29) is 10.8 Å². The molecule has 4 aromatic carbocycles. The van der Waals surface area contributed by atoms with Gasteiger partial charge in [-0.25, -0.2) is 8.42 Å². The van der Waals surface area contributed by atoms with Crippen LogP contribution in [-0.4, -0.2) is 28.5 Å². The van der Waals surface area contributed by atoms with Gasteiger partial charge >= 0.3 is 0 Å². The Morgan fingerprint density at radius 1 is 0.844 bits per heavy atom. The average Bonchev–Trinajstić information content (AvgIpc) is 2.84. The molecule has 0 aliphatic rings. The molecule has 4 rings (SSSR count). The first-order chi connectivity index (χ1) is 15.4. The molecule has 0 aliphatic heterocycles. The van der Waals surface area contributed by atoms with Crippen LogP contribution in [0, 0.1) is 0 Å². The van der Waals surface area contributed by atoms with Crippen LogP contribution in [-0.2, 0) is 10.0 Å². The van der Waals surface area contributed by atoms with E-state index in [1.54, 1.807) is 36.4 Å². The first-order valence-corrected chi connectivity index (χ1v) is 11.4. The molecule has 0 unspecified atom stereocenters. The van der Waals surface area contributed by atoms with Crippen LogP contribution in [0.1, 0.15) is 10.4 Å². The zero-order valence-electron chi connectivity index (χ0n) is 17.6. The number of rotatable bonds is 6. The molecule has 0 spiro atoms. The Hall–Kier alpha value is -3.84. The minimum Gasteiger partial charge on any atom is -0.497 e. The third kappa shape index (κ3) is 4.15. The van der Waals surface area contributed by atoms with Gasteiger partial charge in [-0.15, -0.1) is 0 Å². The molecule has 0 aromatic heterocycles. The maximum Gasteiger partial charge on any atom is 0.264 e. The van der Waals surface area contributed by atoms with Gasteiger partial charge < -0.3 is 10.1 Å². The fourth-order valence-electron chi connectivity index (χ4n) is 3.40. The summed E-state index contributed by atoms with van der Waals surface area (Å²) in [6.07, 6.45) is 0. The number of nitrogens with zero attached hydrogens (tertiary/aromatic N) is 1. The first-order valence-electron chi connectivity index (χ1n) is 9.92. The van der Waals surface area contributed by atoms with Gasteiger partial charge in [0, 0.05) is 23.7 Å². The molecule has 1 amide bonds. The Kier molecular flexibility index (Phi) is 5.83. The highest BCUT2D eigenvalue weighted by Gasteiger charge is 2.21. The summed E-state index contributed by atoms with van der Waals surface area (Å²) in [5.41, 5.74) is 1.59. The largest absolute Gasteiger partial charge is 0.497 e. The lowest BCUT2D eigenvalue weighted by atomic mass is 10.1. The van der Waals surface area contributed by atoms with E-state index in [9.17, 15) is 13.2 Å². The number of ether oxygens (including phenoxy) is 1. The number of carbonyl (C=O) groups is 1. The Bertz CT molecular complexity index is 1360. The van der Waals surface area contributed by atoms with Crippen LogP contribution < -0.4 is 14.4 Å². The van der Waals surface area contributed by atoms with Crippen molar-refractivity contribution in [3.05, 3.63) is 96.6 Å². The van der Waals surface area contributed by atoms with Gasteiger partial charge in [0.1, 0.15) is 5.75 Å². The average molecular weight is 447 g/mol. The van der Waals surface area contributed by atoms with E-state index in [2.05, 4.69) is 5.32 Å². The summed E-state index contributed by atoms with van der Waals surface area (Å²) >= 11 is 0. The van der Waals surface area contributed by atoms with Gasteiger partial charge in [-0.1, -0.05) is 36.4 Å². The summed E-state index contributed by atoms with van der Waals surface area (Å²) in [4.78, 5) is 12.9. The van der Waals surface area contributed by atoms with Gasteiger partial charge in [0.2, 0.25) is 0 Å². The highest BCUT2D eigenvalue weighted by molar-refractivity contribution is 7.92. The molecule has 7 heteroatoms. The molecular weight excluding hydrogens is 424 g/mol. The number of benzene rings is 4. The van der Waals surface area contributed by atoms with Gasteiger partial charge in [-0.3, -0.25) is 9.10 Å². The topological polar surface area (TPSA) is 75.7 Å². The minimum absolute atomic E-state index is 0.151. The lowest BCUT2D eigenvalue weighted by Crippen LogP contribution is -2.26. The van der Waals surface area contributed by atoms with Crippen molar-refractivity contribution >= 4 is 38.1 Å². The number of amides is 1. The molecule has 32 heavy (non-hydrogen) atoms. The fourth-order valence-corrected chi connectivity index (χ4v) is 4.59. The number of methoxy groups -OCH3 is 1. The quantitative estimate of drug-likeness (QED) is 0.456. The van der Waals surface area contributed by atoms with Crippen molar-refractivity contribution in [1.29, 1.82) is 0 Å². The van der Waals surface area contributed by atoms with E-state index < -0.39 is 10.0 Å². The van der Waals surface area contributed by atoms with Gasteiger partial charge in [-0.2, -0.15) is 0 Å². The SMILES string of the molecule is COc1ccc(S(=O)(=O)N(C)c2ccc(C(=O)Nc3cccc4ccccc34)cc2)cc1. The summed E-state index contributed by atoms with van der Waals surface area (Å²) in [6, 6.07) is 26.2. The number of fused-ring (bicyclic) bond motifs is 1. The zero-order chi connectivity index (χ0) is 22.7. The van der Waals surface area contributed by atoms with Crippen LogP contribution >= 0.6 is 0 Å². The normalized spacial score (nSPS) is 11.2. The third-order valence-electron chi connectivity index (χ3n) is 5.25. The number of sulfonamides is 1. The predicted octanol–water partition coefficient (Wildman–Crippen LogP) is 4.93. The minimum atomic E-state index is -3.75. The Morgan fingerprint density at radius 2 is 1.50 bits per heavy atom. The molecular formula is C25H22N2O4S. The van der Waals surface area contributed by atoms with Gasteiger partial charge in [0.15, 0.2) is 0 Å². The standard InChI is InChI=1S/C25H22N2O4S/c1-27(32(29,30)22-16-14-21(31-2)15-17-22)20-12-10-19(11-13-20)25(28)26-24-9-5-7-18-6-3-4-8-23(18)24/h3-17H,1-2H3,(H,26,28). The van der Waals surface area contributed by atoms with E-state index >= 15 is 0 Å². The highest BCUT2D eigenvalue weighted by Crippen LogP contribution is 2.26. The van der Waals surface area contributed by atoms with Crippen LogP contribution in [0.3, 0.4) is 0 Å². The van der Waals surface area contributed by atoms with Crippen molar-refractivity contribution in [3.63, 3.8) is 0 Å². The predicted molar refractivity (Wildman–Crippen MR) is 127 cm³/mol. The lowest BCUT2D eigenvalue weighted by molar-refractivity contribution is 0.102. The van der Waals surface area contributed by atoms with Crippen LogP contribution in [0.5, 0.6) is 5.75 Å². The number of hydrogen-bond acceptors (Lipinski definition) is 4. The molecule has 162 valence electrons. The summed E-state index contributed by atoms with van der Waals surface area (Å²) < 4.78 is 32.1. The second-order valence-corrected chi connectivity index (χ2v) is 9.15. The first kappa shape index (κ1) is 21.4. The smallest absolute Gasteiger partial charge is 0.264 e. The van der Waals surface area contributed by atoms with Gasteiger partial charge in [0.25, 0.3) is 15.9 Å². The highest BCUT2D eigenvalue weighted by atomic mass is 32.2. The molecule has 0 radical (unpaired) electrons. The second-order valence-electron chi connectivity index (χ2n) is 7.18. The number of hydrogen-bond donors (Lipinski definition) is 1. The van der Waals surface area contributed by atoms with E-state index in [0.29, 0.717) is 17.0 Å². The molecule has 0 saturated heterocycles. The van der Waals surface area contributed by atoms with E-state index in [1.165, 1.54) is 30.6 Å². The van der Waals surface area contributed by atoms with Crippen molar-refractivity contribution < 1.29 is 17.9 Å². The monoisotopic (exact) mass is 446 g/mol. The van der Waals surface area contributed by atoms with Crippen molar-refractivity contribution in [2.75, 3.05) is 23.8 Å². The Labute approximate surface area is 187 Å². The summed E-state index contributed by atoms with van der Waals surface area (Å²) in [7, 11) is -0.747. The third-order valence-corrected chi connectivity index (χ3v) is 7.05. The van der Waals surface area contributed by atoms with Crippen LogP contribution in [0.25, 0.3) is 10.8 Å². The Balaban J connectivity index is 1.53. The maximum atomic E-state index is 12.9. The van der Waals surface area contributed by atoms with Crippen molar-refractivity contribution in [1.82, 2.24) is 0 Å². The molecule has 6 nitrogen and oxygen atoms in total. The zero-order valence-corrected chi connectivity index (χ0v) is 18.5. The summed E-state index contributed by atoms with van der Waals surface area (Å²) in [6.45, 7) is 0. The molecule has 0 bridgehead atoms. The Morgan fingerprint density at radius 3 is 2.19 bits per heavy atom. The number of anilines is 2. The molecule has 1 N–H and O–H groups in total. The summed E-state index contributed by atoms with van der Waals surface area (Å²) in [5.74, 6) is 0.307. The molecule has 4 aromatic rings. The molecule has 0 fully saturated rings. The van der Waals surface area contributed by atoms with E-state index in [1.807, 2.05) is 42.5 Å². The van der Waals surface area contributed by atoms with Crippen molar-refractivity contribution in [3.8, 4) is 5.75 Å². The molecule has 0 atom stereocenters. The molecule has 0 heterocycles. The van der Waals surface area contributed by atoms with Crippen LogP contribution in [0.2, 0.25) is 0 Å². The molecule has 0 aliphatic carbocycles. The van der Waals surface area contributed by atoms with E-state index in [0.717, 1.165) is 16.5 Å². The number of nitrogens with one attached hydrogen (secondary N) is 1. The summed E-state index contributed by atoms with van der Waals surface area (Å²) in [5, 5.41) is 4.92. The van der Waals surface area contributed by atoms with Gasteiger partial charge in [0.05, 0.1) is 17.7 Å². The van der Waals surface area contributed by atoms with Crippen molar-refractivity contribution in [2.45, 2.75) is 4.90 Å². The van der Waals surface area contributed by atoms with E-state index in [4.69, 9.17) is 4.74 Å². The lowest BCUT2D eigenvalue weighted by Gasteiger charge is -2.20. The van der Waals surface area contributed by atoms with Crippen molar-refractivity contribution in [2.24, 2.45) is 0 Å². The maximum absolute atomic E-state index is 12.9. The second kappa shape index (κ2) is 8.72. The van der Waals surface area contributed by atoms with Crippen LogP contribution in [0.4, 0.5) is 11.4 Å². The fraction of sp³-hybridized carbons (Fsp3) is 0.0800. The molecule has 0 saturated carbocycles. The van der Waals surface area contributed by atoms with Crippen LogP contribution in [0.15, 0.2) is 95.9 Å². The van der Waals surface area contributed by atoms with Gasteiger partial charge in [-0.05, 0) is 60.0 Å².